The summed E-state index contributed by atoms with van der Waals surface area (Å²) in [6.07, 6.45) is 11.8. The maximum absolute atomic E-state index is 5.29. The van der Waals surface area contributed by atoms with Crippen LogP contribution in [0.5, 0.6) is 0 Å². The quantitative estimate of drug-likeness (QED) is 0.144. The van der Waals surface area contributed by atoms with E-state index in [1.165, 1.54) is 0 Å². The Bertz CT molecular complexity index is 1740. The number of aryl methyl sites for hydroxylation is 2. The largest absolute Gasteiger partial charge is 0.286 e. The van der Waals surface area contributed by atoms with Gasteiger partial charge in [0.05, 0.1) is 38.9 Å². The summed E-state index contributed by atoms with van der Waals surface area (Å²) in [5.74, 6) is 0. The molecule has 0 fully saturated rings. The second kappa shape index (κ2) is 10.9. The standard InChI is InChI=1S/C31H27N8S/c1-36-27(21-38-17-5-3-7-29(36)38)25-13-9-23(10-14-25)19-32-34-31(40)35-33-20-24-11-15-26(16-12-24)28-22-39-18-6-4-8-30(39)37(28)2/h3-22H,1-2H3,(H-,34,35,40)/q+1/p+1. The highest BCUT2D eigenvalue weighted by Crippen LogP contribution is 2.21. The molecule has 0 aliphatic heterocycles. The Hall–Kier alpha value is -5.15. The van der Waals surface area contributed by atoms with Gasteiger partial charge in [-0.15, -0.1) is 0 Å². The molecule has 0 saturated heterocycles. The minimum absolute atomic E-state index is 0.306. The molecule has 0 saturated carbocycles. The summed E-state index contributed by atoms with van der Waals surface area (Å²) < 4.78 is 8.58. The second-order valence-corrected chi connectivity index (χ2v) is 9.80. The molecule has 40 heavy (non-hydrogen) atoms. The van der Waals surface area contributed by atoms with Gasteiger partial charge in [-0.1, -0.05) is 36.4 Å². The summed E-state index contributed by atoms with van der Waals surface area (Å²) in [6, 6.07) is 28.8. The molecule has 6 aromatic rings. The molecule has 0 bridgehead atoms. The number of imidazole rings is 2. The number of thiocarbonyl (C=S) groups is 1. The first-order valence-corrected chi connectivity index (χ1v) is 13.2. The zero-order valence-corrected chi connectivity index (χ0v) is 23.0. The fourth-order valence-electron chi connectivity index (χ4n) is 4.74. The van der Waals surface area contributed by atoms with Gasteiger partial charge >= 0.3 is 0 Å². The van der Waals surface area contributed by atoms with Crippen molar-refractivity contribution in [2.24, 2.45) is 24.3 Å². The number of fused-ring (bicyclic) bond motifs is 2. The third-order valence-corrected chi connectivity index (χ3v) is 7.02. The highest BCUT2D eigenvalue weighted by molar-refractivity contribution is 7.80. The fraction of sp³-hybridized carbons (Fsp3) is 0.0645. The van der Waals surface area contributed by atoms with Crippen LogP contribution in [0.2, 0.25) is 0 Å². The van der Waals surface area contributed by atoms with E-state index in [0.717, 1.165) is 44.9 Å². The van der Waals surface area contributed by atoms with Gasteiger partial charge in [-0.2, -0.15) is 10.2 Å². The van der Waals surface area contributed by atoms with Crippen molar-refractivity contribution in [3.63, 3.8) is 0 Å². The first-order chi connectivity index (χ1) is 19.6. The van der Waals surface area contributed by atoms with E-state index in [9.17, 15) is 0 Å². The molecule has 0 aliphatic rings. The first kappa shape index (κ1) is 25.1. The van der Waals surface area contributed by atoms with Crippen LogP contribution < -0.4 is 19.7 Å². The van der Waals surface area contributed by atoms with Gasteiger partial charge in [0.25, 0.3) is 11.3 Å². The van der Waals surface area contributed by atoms with Crippen LogP contribution >= 0.6 is 12.2 Å². The third-order valence-electron chi connectivity index (χ3n) is 6.84. The number of nitrogens with zero attached hydrogens (tertiary/aromatic N) is 6. The van der Waals surface area contributed by atoms with E-state index in [1.54, 1.807) is 12.4 Å². The van der Waals surface area contributed by atoms with Crippen molar-refractivity contribution in [2.75, 3.05) is 0 Å². The molecular weight excluding hydrogens is 516 g/mol. The van der Waals surface area contributed by atoms with Gasteiger partial charge in [-0.05, 0) is 59.7 Å². The van der Waals surface area contributed by atoms with E-state index in [1.807, 2.05) is 48.5 Å². The predicted molar refractivity (Wildman–Crippen MR) is 162 cm³/mol. The van der Waals surface area contributed by atoms with Crippen LogP contribution in [0.1, 0.15) is 11.1 Å². The van der Waals surface area contributed by atoms with E-state index in [-0.39, 0.29) is 0 Å². The lowest BCUT2D eigenvalue weighted by molar-refractivity contribution is -0.510. The molecule has 4 heterocycles. The van der Waals surface area contributed by atoms with Crippen LogP contribution in [0, 0.1) is 0 Å². The zero-order chi connectivity index (χ0) is 27.5. The van der Waals surface area contributed by atoms with Gasteiger partial charge in [-0.3, -0.25) is 10.9 Å². The minimum atomic E-state index is 0.306. The number of pyridine rings is 2. The molecule has 2 aromatic carbocycles. The van der Waals surface area contributed by atoms with Crippen LogP contribution in [-0.4, -0.2) is 26.7 Å². The van der Waals surface area contributed by atoms with Crippen LogP contribution in [0.15, 0.2) is 120 Å². The molecule has 196 valence electrons. The highest BCUT2D eigenvalue weighted by Gasteiger charge is 2.16. The smallest absolute Gasteiger partial charge is 0.252 e. The van der Waals surface area contributed by atoms with Gasteiger partial charge < -0.3 is 0 Å². The van der Waals surface area contributed by atoms with Crippen LogP contribution in [0.3, 0.4) is 0 Å². The van der Waals surface area contributed by atoms with Gasteiger partial charge in [0, 0.05) is 23.3 Å². The van der Waals surface area contributed by atoms with E-state index < -0.39 is 0 Å². The first-order valence-electron chi connectivity index (χ1n) is 12.8. The average Bonchev–Trinajstić information content (AvgIpc) is 3.51. The molecular formula is C31H28N8S+2. The summed E-state index contributed by atoms with van der Waals surface area (Å²) in [5.41, 5.74) is 14.3. The summed E-state index contributed by atoms with van der Waals surface area (Å²) in [4.78, 5) is 0. The molecule has 0 radical (unpaired) electrons. The molecule has 0 amide bonds. The third kappa shape index (κ3) is 5.10. The van der Waals surface area contributed by atoms with E-state index in [4.69, 9.17) is 12.2 Å². The molecule has 8 nitrogen and oxygen atoms in total. The van der Waals surface area contributed by atoms with Crippen molar-refractivity contribution in [3.8, 4) is 22.5 Å². The summed E-state index contributed by atoms with van der Waals surface area (Å²) in [5, 5.41) is 8.76. The minimum Gasteiger partial charge on any atom is -0.252 e. The Morgan fingerprint density at radius 2 is 1.07 bits per heavy atom. The van der Waals surface area contributed by atoms with E-state index in [0.29, 0.717) is 5.11 Å². The Morgan fingerprint density at radius 3 is 1.48 bits per heavy atom. The highest BCUT2D eigenvalue weighted by atomic mass is 32.1. The van der Waals surface area contributed by atoms with Gasteiger partial charge in [0.2, 0.25) is 5.11 Å². The summed E-state index contributed by atoms with van der Waals surface area (Å²) in [6.45, 7) is 0. The number of benzene rings is 2. The maximum atomic E-state index is 5.29. The van der Waals surface area contributed by atoms with Crippen molar-refractivity contribution in [2.45, 2.75) is 0 Å². The summed E-state index contributed by atoms with van der Waals surface area (Å²) in [7, 11) is 4.14. The Kier molecular flexibility index (Phi) is 6.86. The number of nitrogens with one attached hydrogen (secondary N) is 2. The number of hydrogen-bond donors (Lipinski definition) is 2. The molecule has 6 rings (SSSR count). The van der Waals surface area contributed by atoms with E-state index in [2.05, 4.69) is 114 Å². The van der Waals surface area contributed by atoms with Crippen LogP contribution in [-0.2, 0) is 14.1 Å². The molecule has 0 aliphatic carbocycles. The lowest BCUT2D eigenvalue weighted by Gasteiger charge is -2.02. The van der Waals surface area contributed by atoms with Crippen molar-refractivity contribution >= 4 is 41.1 Å². The molecule has 9 heteroatoms. The van der Waals surface area contributed by atoms with Gasteiger partial charge in [0.1, 0.15) is 12.4 Å². The van der Waals surface area contributed by atoms with Gasteiger partial charge in [0.15, 0.2) is 11.4 Å². The zero-order valence-electron chi connectivity index (χ0n) is 22.1. The Morgan fingerprint density at radius 1 is 0.650 bits per heavy atom. The lowest BCUT2D eigenvalue weighted by Crippen LogP contribution is -2.28. The number of aromatic nitrogens is 4. The van der Waals surface area contributed by atoms with Gasteiger partial charge in [-0.25, -0.2) is 17.9 Å². The van der Waals surface area contributed by atoms with Crippen molar-refractivity contribution in [1.29, 1.82) is 0 Å². The van der Waals surface area contributed by atoms with Crippen molar-refractivity contribution < 1.29 is 8.80 Å². The predicted octanol–water partition coefficient (Wildman–Crippen LogP) is 4.01. The topological polar surface area (TPSA) is 66.8 Å². The number of rotatable bonds is 6. The number of hydrogen-bond acceptors (Lipinski definition) is 3. The Labute approximate surface area is 237 Å². The molecule has 2 N–H and O–H groups in total. The SMILES string of the molecule is Cn1c(-c2ccc(C=NNC(=S)NN=Cc3ccc(-c4c[n+]5ccccc5n4C)cc3)cc2)c[n+]2ccccc12. The lowest BCUT2D eigenvalue weighted by atomic mass is 10.1. The molecule has 4 aromatic heterocycles. The normalized spacial score (nSPS) is 11.7. The van der Waals surface area contributed by atoms with Crippen molar-refractivity contribution in [1.82, 2.24) is 20.0 Å². The number of hydrazone groups is 2. The maximum Gasteiger partial charge on any atom is 0.286 e. The van der Waals surface area contributed by atoms with Crippen LogP contribution in [0.4, 0.5) is 0 Å². The molecule has 0 spiro atoms. The average molecular weight is 545 g/mol. The molecule has 0 unspecified atom stereocenters. The fourth-order valence-corrected chi connectivity index (χ4v) is 4.84. The second-order valence-electron chi connectivity index (χ2n) is 9.39. The van der Waals surface area contributed by atoms with Crippen LogP contribution in [0.25, 0.3) is 33.8 Å². The molecule has 0 atom stereocenters. The Balaban J connectivity index is 1.02. The summed E-state index contributed by atoms with van der Waals surface area (Å²) >= 11 is 5.29. The van der Waals surface area contributed by atoms with E-state index >= 15 is 0 Å². The van der Waals surface area contributed by atoms with Crippen molar-refractivity contribution in [3.05, 3.63) is 121 Å². The monoisotopic (exact) mass is 544 g/mol.